The molecule has 2 aromatic rings. The fraction of sp³-hybridized carbons (Fsp3) is 0.467. The molecule has 112 valence electrons. The second-order valence-corrected chi connectivity index (χ2v) is 7.22. The highest BCUT2D eigenvalue weighted by Crippen LogP contribution is 2.33. The lowest BCUT2D eigenvalue weighted by molar-refractivity contribution is 0.198. The molecule has 1 atom stereocenters. The molecule has 0 fully saturated rings. The van der Waals surface area contributed by atoms with Crippen LogP contribution in [0, 0.1) is 0 Å². The van der Waals surface area contributed by atoms with Gasteiger partial charge in [-0.3, -0.25) is 0 Å². The Kier molecular flexibility index (Phi) is 4.66. The van der Waals surface area contributed by atoms with Gasteiger partial charge in [-0.15, -0.1) is 10.2 Å². The van der Waals surface area contributed by atoms with Crippen LogP contribution >= 0.6 is 27.7 Å². The van der Waals surface area contributed by atoms with Gasteiger partial charge in [0.15, 0.2) is 5.16 Å². The van der Waals surface area contributed by atoms with Crippen molar-refractivity contribution in [2.24, 2.45) is 0 Å². The van der Waals surface area contributed by atoms with Crippen LogP contribution in [0.1, 0.15) is 43.7 Å². The monoisotopic (exact) mass is 367 g/mol. The molecule has 4 nitrogen and oxygen atoms in total. The number of aromatic nitrogens is 3. The Hall–Kier alpha value is -0.850. The van der Waals surface area contributed by atoms with Gasteiger partial charge in [-0.25, -0.2) is 0 Å². The Bertz CT molecular complexity index is 642. The SMILES string of the molecule is CC(O)c1ccc(Sc2nnc3n2CCCCC3)cc1Br. The molecule has 0 aliphatic carbocycles. The summed E-state index contributed by atoms with van der Waals surface area (Å²) in [7, 11) is 0. The molecular weight excluding hydrogens is 350 g/mol. The first kappa shape index (κ1) is 15.1. The number of aliphatic hydroxyl groups is 1. The summed E-state index contributed by atoms with van der Waals surface area (Å²) in [6.07, 6.45) is 4.23. The number of rotatable bonds is 3. The van der Waals surface area contributed by atoms with E-state index in [9.17, 15) is 5.11 Å². The molecule has 1 unspecified atom stereocenters. The Labute approximate surface area is 137 Å². The Balaban J connectivity index is 1.84. The van der Waals surface area contributed by atoms with Gasteiger partial charge in [-0.1, -0.05) is 28.4 Å². The minimum Gasteiger partial charge on any atom is -0.389 e. The third kappa shape index (κ3) is 3.33. The number of fused-ring (bicyclic) bond motifs is 1. The van der Waals surface area contributed by atoms with E-state index in [1.165, 1.54) is 19.3 Å². The van der Waals surface area contributed by atoms with Crippen molar-refractivity contribution in [2.75, 3.05) is 0 Å². The Morgan fingerprint density at radius 3 is 2.90 bits per heavy atom. The first-order chi connectivity index (χ1) is 10.1. The van der Waals surface area contributed by atoms with Crippen molar-refractivity contribution < 1.29 is 5.11 Å². The molecule has 0 spiro atoms. The third-order valence-electron chi connectivity index (χ3n) is 3.71. The molecule has 3 rings (SSSR count). The summed E-state index contributed by atoms with van der Waals surface area (Å²) in [6.45, 7) is 2.78. The smallest absolute Gasteiger partial charge is 0.196 e. The van der Waals surface area contributed by atoms with Gasteiger partial charge in [0.2, 0.25) is 0 Å². The van der Waals surface area contributed by atoms with E-state index < -0.39 is 6.10 Å². The minimum atomic E-state index is -0.470. The van der Waals surface area contributed by atoms with Crippen molar-refractivity contribution in [1.82, 2.24) is 14.8 Å². The topological polar surface area (TPSA) is 50.9 Å². The largest absolute Gasteiger partial charge is 0.389 e. The van der Waals surface area contributed by atoms with Crippen LogP contribution in [-0.4, -0.2) is 19.9 Å². The second-order valence-electron chi connectivity index (χ2n) is 5.32. The zero-order valence-electron chi connectivity index (χ0n) is 11.9. The molecule has 21 heavy (non-hydrogen) atoms. The van der Waals surface area contributed by atoms with Gasteiger partial charge in [0.1, 0.15) is 5.82 Å². The summed E-state index contributed by atoms with van der Waals surface area (Å²) in [5.74, 6) is 1.11. The van der Waals surface area contributed by atoms with Crippen LogP contribution in [0.2, 0.25) is 0 Å². The molecule has 1 N–H and O–H groups in total. The van der Waals surface area contributed by atoms with Gasteiger partial charge in [0, 0.05) is 22.3 Å². The van der Waals surface area contributed by atoms with E-state index in [0.717, 1.165) is 38.9 Å². The average molecular weight is 368 g/mol. The van der Waals surface area contributed by atoms with Gasteiger partial charge in [0.05, 0.1) is 6.10 Å². The quantitative estimate of drug-likeness (QED) is 0.891. The van der Waals surface area contributed by atoms with E-state index in [-0.39, 0.29) is 0 Å². The molecule has 0 amide bonds. The molecular formula is C15H18BrN3OS. The number of hydrogen-bond acceptors (Lipinski definition) is 4. The first-order valence-corrected chi connectivity index (χ1v) is 8.83. The van der Waals surface area contributed by atoms with Crippen LogP contribution in [0.5, 0.6) is 0 Å². The third-order valence-corrected chi connectivity index (χ3v) is 5.37. The number of aryl methyl sites for hydroxylation is 1. The van der Waals surface area contributed by atoms with Crippen LogP contribution in [0.25, 0.3) is 0 Å². The Morgan fingerprint density at radius 2 is 2.14 bits per heavy atom. The van der Waals surface area contributed by atoms with Gasteiger partial charge in [-0.2, -0.15) is 0 Å². The highest BCUT2D eigenvalue weighted by molar-refractivity contribution is 9.10. The van der Waals surface area contributed by atoms with E-state index in [4.69, 9.17) is 0 Å². The fourth-order valence-electron chi connectivity index (χ4n) is 2.55. The van der Waals surface area contributed by atoms with E-state index in [1.54, 1.807) is 18.7 Å². The van der Waals surface area contributed by atoms with E-state index in [0.29, 0.717) is 0 Å². The second kappa shape index (κ2) is 6.50. The Morgan fingerprint density at radius 1 is 1.29 bits per heavy atom. The molecule has 1 aromatic heterocycles. The minimum absolute atomic E-state index is 0.470. The highest BCUT2D eigenvalue weighted by Gasteiger charge is 2.16. The lowest BCUT2D eigenvalue weighted by Crippen LogP contribution is -2.02. The van der Waals surface area contributed by atoms with Crippen molar-refractivity contribution in [2.45, 2.75) is 55.3 Å². The number of halogens is 1. The molecule has 6 heteroatoms. The zero-order valence-corrected chi connectivity index (χ0v) is 14.3. The normalized spacial score (nSPS) is 16.3. The molecule has 0 bridgehead atoms. The summed E-state index contributed by atoms with van der Waals surface area (Å²) in [5.41, 5.74) is 0.902. The van der Waals surface area contributed by atoms with Crippen LogP contribution in [0.15, 0.2) is 32.7 Å². The van der Waals surface area contributed by atoms with Gasteiger partial charge in [-0.05, 0) is 49.2 Å². The van der Waals surface area contributed by atoms with Crippen molar-refractivity contribution >= 4 is 27.7 Å². The van der Waals surface area contributed by atoms with Crippen LogP contribution in [0.3, 0.4) is 0 Å². The summed E-state index contributed by atoms with van der Waals surface area (Å²) >= 11 is 5.15. The first-order valence-electron chi connectivity index (χ1n) is 7.22. The summed E-state index contributed by atoms with van der Waals surface area (Å²) < 4.78 is 3.17. The maximum Gasteiger partial charge on any atom is 0.196 e. The number of hydrogen-bond donors (Lipinski definition) is 1. The molecule has 1 aliphatic heterocycles. The van der Waals surface area contributed by atoms with Crippen molar-refractivity contribution in [3.8, 4) is 0 Å². The molecule has 0 saturated carbocycles. The zero-order chi connectivity index (χ0) is 14.8. The predicted molar refractivity (Wildman–Crippen MR) is 86.5 cm³/mol. The standard InChI is InChI=1S/C15H18BrN3OS/c1-10(20)12-7-6-11(9-13(12)16)21-15-18-17-14-5-3-2-4-8-19(14)15/h6-7,9-10,20H,2-5,8H2,1H3. The van der Waals surface area contributed by atoms with E-state index in [2.05, 4.69) is 30.7 Å². The van der Waals surface area contributed by atoms with E-state index >= 15 is 0 Å². The lowest BCUT2D eigenvalue weighted by atomic mass is 10.1. The van der Waals surface area contributed by atoms with Crippen LogP contribution in [0.4, 0.5) is 0 Å². The molecule has 1 aromatic carbocycles. The fourth-order valence-corrected chi connectivity index (χ4v) is 4.32. The van der Waals surface area contributed by atoms with Crippen molar-refractivity contribution in [1.29, 1.82) is 0 Å². The number of nitrogens with zero attached hydrogens (tertiary/aromatic N) is 3. The predicted octanol–water partition coefficient (Wildman–Crippen LogP) is 3.97. The molecule has 0 radical (unpaired) electrons. The maximum absolute atomic E-state index is 9.68. The molecule has 2 heterocycles. The van der Waals surface area contributed by atoms with Crippen LogP contribution in [-0.2, 0) is 13.0 Å². The molecule has 1 aliphatic rings. The summed E-state index contributed by atoms with van der Waals surface area (Å²) in [4.78, 5) is 1.10. The summed E-state index contributed by atoms with van der Waals surface area (Å²) in [6, 6.07) is 6.01. The van der Waals surface area contributed by atoms with Crippen molar-refractivity contribution in [3.63, 3.8) is 0 Å². The van der Waals surface area contributed by atoms with Gasteiger partial charge < -0.3 is 9.67 Å². The number of aliphatic hydroxyl groups excluding tert-OH is 1. The molecule has 0 saturated heterocycles. The highest BCUT2D eigenvalue weighted by atomic mass is 79.9. The maximum atomic E-state index is 9.68. The van der Waals surface area contributed by atoms with Gasteiger partial charge in [0.25, 0.3) is 0 Å². The van der Waals surface area contributed by atoms with Crippen molar-refractivity contribution in [3.05, 3.63) is 34.1 Å². The average Bonchev–Trinajstić information content (AvgIpc) is 2.68. The van der Waals surface area contributed by atoms with Crippen LogP contribution < -0.4 is 0 Å². The lowest BCUT2D eigenvalue weighted by Gasteiger charge is -2.10. The summed E-state index contributed by atoms with van der Waals surface area (Å²) in [5, 5.41) is 19.3. The van der Waals surface area contributed by atoms with Gasteiger partial charge >= 0.3 is 0 Å². The van der Waals surface area contributed by atoms with E-state index in [1.807, 2.05) is 18.2 Å². The number of benzene rings is 1.